The number of hydroxylamine groups is 2. The van der Waals surface area contributed by atoms with Crippen LogP contribution in [0.15, 0.2) is 28.8 Å². The maximum atomic E-state index is 12.8. The van der Waals surface area contributed by atoms with Crippen LogP contribution in [0.25, 0.3) is 11.4 Å². The number of hydrogen-bond donors (Lipinski definition) is 0. The molecule has 2 rings (SSSR count). The molecule has 0 fully saturated rings. The van der Waals surface area contributed by atoms with E-state index in [4.69, 9.17) is 9.57 Å². The first-order chi connectivity index (χ1) is 14.3. The fraction of sp³-hybridized carbons (Fsp3) is 0.550. The summed E-state index contributed by atoms with van der Waals surface area (Å²) in [6.07, 6.45) is -2.35. The zero-order chi connectivity index (χ0) is 22.1. The number of hydrogen-bond acceptors (Lipinski definition) is 6. The number of methoxy groups -OCH3 is 1. The van der Waals surface area contributed by atoms with Crippen LogP contribution in [0.4, 0.5) is 13.2 Å². The molecule has 166 valence electrons. The van der Waals surface area contributed by atoms with Crippen LogP contribution >= 0.6 is 0 Å². The molecule has 30 heavy (non-hydrogen) atoms. The number of halogens is 3. The van der Waals surface area contributed by atoms with E-state index in [2.05, 4.69) is 14.7 Å². The minimum Gasteiger partial charge on any atom is -0.384 e. The van der Waals surface area contributed by atoms with E-state index < -0.39 is 12.1 Å². The van der Waals surface area contributed by atoms with E-state index in [9.17, 15) is 18.0 Å². The van der Waals surface area contributed by atoms with Gasteiger partial charge in [0.1, 0.15) is 0 Å². The Labute approximate surface area is 173 Å². The smallest absolute Gasteiger partial charge is 0.384 e. The minimum absolute atomic E-state index is 0.160. The number of benzene rings is 1. The molecule has 0 saturated carbocycles. The standard InChI is InChI=1S/C20H26F3N3O4/c1-4-6-11-29-26(18(27)15(5-2)13-28-3)12-14-7-9-16(10-8-14)17-24-19(30-25-17)20(21,22)23/h7-10,15H,4-6,11-13H2,1-3H3. The number of ether oxygens (including phenoxy) is 1. The lowest BCUT2D eigenvalue weighted by atomic mass is 10.1. The topological polar surface area (TPSA) is 77.7 Å². The van der Waals surface area contributed by atoms with Gasteiger partial charge in [-0.05, 0) is 18.4 Å². The summed E-state index contributed by atoms with van der Waals surface area (Å²) in [7, 11) is 1.54. The summed E-state index contributed by atoms with van der Waals surface area (Å²) < 4.78 is 47.2. The molecule has 0 aliphatic carbocycles. The first-order valence-corrected chi connectivity index (χ1v) is 9.73. The third-order valence-corrected chi connectivity index (χ3v) is 4.41. The molecule has 10 heteroatoms. The van der Waals surface area contributed by atoms with Crippen LogP contribution in [0.2, 0.25) is 0 Å². The Morgan fingerprint density at radius 1 is 1.23 bits per heavy atom. The first kappa shape index (κ1) is 23.8. The van der Waals surface area contributed by atoms with Crippen molar-refractivity contribution in [3.63, 3.8) is 0 Å². The van der Waals surface area contributed by atoms with Crippen molar-refractivity contribution in [1.29, 1.82) is 0 Å². The highest BCUT2D eigenvalue weighted by atomic mass is 19.4. The van der Waals surface area contributed by atoms with Gasteiger partial charge in [-0.25, -0.2) is 5.06 Å². The third kappa shape index (κ3) is 6.53. The quantitative estimate of drug-likeness (QED) is 0.387. The van der Waals surface area contributed by atoms with Gasteiger partial charge < -0.3 is 9.26 Å². The SMILES string of the molecule is CCCCON(Cc1ccc(-c2noc(C(F)(F)F)n2)cc1)C(=O)C(CC)COC. The van der Waals surface area contributed by atoms with Crippen LogP contribution in [0, 0.1) is 5.92 Å². The van der Waals surface area contributed by atoms with Crippen molar-refractivity contribution >= 4 is 5.91 Å². The molecule has 0 bridgehead atoms. The number of nitrogens with zero attached hydrogens (tertiary/aromatic N) is 3. The fourth-order valence-corrected chi connectivity index (χ4v) is 2.66. The van der Waals surface area contributed by atoms with Gasteiger partial charge in [0.25, 0.3) is 5.91 Å². The Balaban J connectivity index is 2.13. The summed E-state index contributed by atoms with van der Waals surface area (Å²) >= 11 is 0. The van der Waals surface area contributed by atoms with Gasteiger partial charge in [-0.2, -0.15) is 18.2 Å². The molecule has 0 spiro atoms. The van der Waals surface area contributed by atoms with Crippen LogP contribution in [-0.2, 0) is 27.1 Å². The largest absolute Gasteiger partial charge is 0.471 e. The van der Waals surface area contributed by atoms with E-state index in [1.807, 2.05) is 13.8 Å². The second-order valence-corrected chi connectivity index (χ2v) is 6.74. The second kappa shape index (κ2) is 11.1. The predicted octanol–water partition coefficient (Wildman–Crippen LogP) is 4.49. The molecule has 1 aromatic heterocycles. The summed E-state index contributed by atoms with van der Waals surface area (Å²) in [6.45, 7) is 4.83. The highest BCUT2D eigenvalue weighted by molar-refractivity contribution is 5.78. The van der Waals surface area contributed by atoms with E-state index >= 15 is 0 Å². The number of alkyl halides is 3. The molecule has 0 aliphatic rings. The molecule has 1 heterocycles. The van der Waals surface area contributed by atoms with E-state index in [1.54, 1.807) is 31.4 Å². The molecule has 1 atom stereocenters. The Morgan fingerprint density at radius 3 is 2.47 bits per heavy atom. The van der Waals surface area contributed by atoms with Gasteiger partial charge in [0.15, 0.2) is 0 Å². The van der Waals surface area contributed by atoms with Gasteiger partial charge in [0, 0.05) is 12.7 Å². The zero-order valence-corrected chi connectivity index (χ0v) is 17.2. The predicted molar refractivity (Wildman–Crippen MR) is 102 cm³/mol. The highest BCUT2D eigenvalue weighted by Gasteiger charge is 2.38. The summed E-state index contributed by atoms with van der Waals surface area (Å²) in [5, 5.41) is 4.69. The number of unbranched alkanes of at least 4 members (excludes halogenated alkanes) is 1. The van der Waals surface area contributed by atoms with Crippen LogP contribution < -0.4 is 0 Å². The average molecular weight is 429 g/mol. The third-order valence-electron chi connectivity index (χ3n) is 4.41. The lowest BCUT2D eigenvalue weighted by molar-refractivity contribution is -0.196. The number of rotatable bonds is 11. The van der Waals surface area contributed by atoms with Crippen LogP contribution in [0.5, 0.6) is 0 Å². The van der Waals surface area contributed by atoms with Gasteiger partial charge >= 0.3 is 12.1 Å². The van der Waals surface area contributed by atoms with Crippen molar-refractivity contribution in [3.05, 3.63) is 35.7 Å². The minimum atomic E-state index is -4.69. The maximum Gasteiger partial charge on any atom is 0.471 e. The van der Waals surface area contributed by atoms with Gasteiger partial charge in [0.05, 0.1) is 25.7 Å². The molecule has 0 N–H and O–H groups in total. The van der Waals surface area contributed by atoms with Crippen molar-refractivity contribution in [3.8, 4) is 11.4 Å². The molecule has 1 aromatic carbocycles. The fourth-order valence-electron chi connectivity index (χ4n) is 2.66. The van der Waals surface area contributed by atoms with Gasteiger partial charge in [-0.3, -0.25) is 9.63 Å². The number of carbonyl (C=O) groups is 1. The Hall–Kier alpha value is -2.46. The summed E-state index contributed by atoms with van der Waals surface area (Å²) in [6, 6.07) is 6.50. The van der Waals surface area contributed by atoms with Crippen LogP contribution in [-0.4, -0.2) is 41.4 Å². The molecule has 2 aromatic rings. The molecule has 0 radical (unpaired) electrons. The summed E-state index contributed by atoms with van der Waals surface area (Å²) in [5.74, 6) is -2.05. The molecule has 1 amide bonds. The molecule has 0 aliphatic heterocycles. The first-order valence-electron chi connectivity index (χ1n) is 9.73. The lowest BCUT2D eigenvalue weighted by Gasteiger charge is -2.26. The van der Waals surface area contributed by atoms with E-state index in [0.29, 0.717) is 25.2 Å². The molecule has 1 unspecified atom stereocenters. The van der Waals surface area contributed by atoms with Crippen molar-refractivity contribution in [2.24, 2.45) is 5.92 Å². The summed E-state index contributed by atoms with van der Waals surface area (Å²) in [4.78, 5) is 21.9. The zero-order valence-electron chi connectivity index (χ0n) is 17.2. The van der Waals surface area contributed by atoms with E-state index in [-0.39, 0.29) is 24.2 Å². The molecular formula is C20H26F3N3O4. The maximum absolute atomic E-state index is 12.8. The molecular weight excluding hydrogens is 403 g/mol. The normalized spacial score (nSPS) is 12.7. The van der Waals surface area contributed by atoms with Crippen molar-refractivity contribution in [2.45, 2.75) is 45.8 Å². The average Bonchev–Trinajstić information content (AvgIpc) is 3.22. The van der Waals surface area contributed by atoms with Crippen LogP contribution in [0.3, 0.4) is 0 Å². The highest BCUT2D eigenvalue weighted by Crippen LogP contribution is 2.29. The number of carbonyl (C=O) groups excluding carboxylic acids is 1. The monoisotopic (exact) mass is 429 g/mol. The van der Waals surface area contributed by atoms with Gasteiger partial charge in [-0.15, -0.1) is 0 Å². The number of amides is 1. The lowest BCUT2D eigenvalue weighted by Crippen LogP contribution is -2.37. The second-order valence-electron chi connectivity index (χ2n) is 6.74. The van der Waals surface area contributed by atoms with Crippen molar-refractivity contribution in [2.75, 3.05) is 20.3 Å². The molecule has 7 nitrogen and oxygen atoms in total. The Bertz CT molecular complexity index is 793. The van der Waals surface area contributed by atoms with Crippen molar-refractivity contribution < 1.29 is 32.1 Å². The Morgan fingerprint density at radius 2 is 1.93 bits per heavy atom. The summed E-state index contributed by atoms with van der Waals surface area (Å²) in [5.41, 5.74) is 1.11. The van der Waals surface area contributed by atoms with Gasteiger partial charge in [0.2, 0.25) is 5.82 Å². The van der Waals surface area contributed by atoms with Crippen LogP contribution in [0.1, 0.15) is 44.6 Å². The van der Waals surface area contributed by atoms with Crippen molar-refractivity contribution in [1.82, 2.24) is 15.2 Å². The number of aromatic nitrogens is 2. The molecule has 0 saturated heterocycles. The Kier molecular flexibility index (Phi) is 8.79. The van der Waals surface area contributed by atoms with E-state index in [1.165, 1.54) is 5.06 Å². The van der Waals surface area contributed by atoms with Gasteiger partial charge in [-0.1, -0.05) is 49.7 Å². The van der Waals surface area contributed by atoms with E-state index in [0.717, 1.165) is 18.4 Å².